The summed E-state index contributed by atoms with van der Waals surface area (Å²) in [6.07, 6.45) is 2.33. The van der Waals surface area contributed by atoms with Crippen molar-refractivity contribution in [2.45, 2.75) is 18.3 Å². The van der Waals surface area contributed by atoms with E-state index in [-0.39, 0.29) is 5.41 Å². The minimum Gasteiger partial charge on any atom is -0.388 e. The lowest BCUT2D eigenvalue weighted by Gasteiger charge is -2.49. The molecule has 3 nitrogen and oxygen atoms in total. The summed E-state index contributed by atoms with van der Waals surface area (Å²) in [5, 5.41) is 3.17. The van der Waals surface area contributed by atoms with Crippen molar-refractivity contribution in [2.24, 2.45) is 5.92 Å². The molecule has 0 aliphatic carbocycles. The smallest absolute Gasteiger partial charge is 0.0588 e. The molecule has 2 heterocycles. The Morgan fingerprint density at radius 1 is 1.06 bits per heavy atom. The standard InChI is InChI=1S/C15H21NO2/c1-16-14-4-2-12(3-5-14)15(10-18-11-15)13-6-8-17-9-7-13/h2-5,13,16H,6-11H2,1H3. The molecule has 2 saturated heterocycles. The number of nitrogens with one attached hydrogen (secondary N) is 1. The highest BCUT2D eigenvalue weighted by Crippen LogP contribution is 2.44. The van der Waals surface area contributed by atoms with Gasteiger partial charge >= 0.3 is 0 Å². The van der Waals surface area contributed by atoms with Gasteiger partial charge in [0.15, 0.2) is 0 Å². The molecular formula is C15H21NO2. The Morgan fingerprint density at radius 2 is 1.72 bits per heavy atom. The Morgan fingerprint density at radius 3 is 2.22 bits per heavy atom. The van der Waals surface area contributed by atoms with Crippen LogP contribution in [0.25, 0.3) is 0 Å². The minimum absolute atomic E-state index is 0.246. The van der Waals surface area contributed by atoms with Crippen molar-refractivity contribution in [1.29, 1.82) is 0 Å². The van der Waals surface area contributed by atoms with Gasteiger partial charge in [-0.1, -0.05) is 12.1 Å². The molecule has 2 aliphatic rings. The molecule has 1 aromatic rings. The van der Waals surface area contributed by atoms with E-state index in [4.69, 9.17) is 9.47 Å². The van der Waals surface area contributed by atoms with Gasteiger partial charge in [0.2, 0.25) is 0 Å². The topological polar surface area (TPSA) is 30.5 Å². The van der Waals surface area contributed by atoms with Crippen LogP contribution in [0.2, 0.25) is 0 Å². The first-order valence-corrected chi connectivity index (χ1v) is 6.79. The molecule has 0 unspecified atom stereocenters. The molecule has 0 spiro atoms. The molecular weight excluding hydrogens is 226 g/mol. The van der Waals surface area contributed by atoms with Crippen LogP contribution in [-0.2, 0) is 14.9 Å². The van der Waals surface area contributed by atoms with Crippen LogP contribution in [-0.4, -0.2) is 33.5 Å². The van der Waals surface area contributed by atoms with Crippen molar-refractivity contribution in [3.05, 3.63) is 29.8 Å². The van der Waals surface area contributed by atoms with Gasteiger partial charge in [0.05, 0.1) is 13.2 Å². The number of benzene rings is 1. The summed E-state index contributed by atoms with van der Waals surface area (Å²) in [5.41, 5.74) is 2.84. The second-order valence-electron chi connectivity index (χ2n) is 5.36. The minimum atomic E-state index is 0.246. The van der Waals surface area contributed by atoms with Gasteiger partial charge < -0.3 is 14.8 Å². The largest absolute Gasteiger partial charge is 0.388 e. The highest BCUT2D eigenvalue weighted by molar-refractivity contribution is 5.46. The molecule has 3 rings (SSSR count). The molecule has 0 bridgehead atoms. The van der Waals surface area contributed by atoms with Crippen LogP contribution in [0.3, 0.4) is 0 Å². The third-order valence-corrected chi connectivity index (χ3v) is 4.47. The fraction of sp³-hybridized carbons (Fsp3) is 0.600. The summed E-state index contributed by atoms with van der Waals surface area (Å²) in [7, 11) is 1.95. The lowest BCUT2D eigenvalue weighted by atomic mass is 9.66. The van der Waals surface area contributed by atoms with E-state index in [9.17, 15) is 0 Å². The predicted molar refractivity (Wildman–Crippen MR) is 72.0 cm³/mol. The van der Waals surface area contributed by atoms with Crippen LogP contribution in [0.4, 0.5) is 5.69 Å². The van der Waals surface area contributed by atoms with E-state index in [0.717, 1.165) is 39.3 Å². The van der Waals surface area contributed by atoms with E-state index in [0.29, 0.717) is 5.92 Å². The molecule has 0 atom stereocenters. The molecule has 2 fully saturated rings. The summed E-state index contributed by atoms with van der Waals surface area (Å²) in [4.78, 5) is 0. The van der Waals surface area contributed by atoms with Gasteiger partial charge in [-0.3, -0.25) is 0 Å². The van der Waals surface area contributed by atoms with E-state index in [1.807, 2.05) is 7.05 Å². The SMILES string of the molecule is CNc1ccc(C2(C3CCOCC3)COC2)cc1. The summed E-state index contributed by atoms with van der Waals surface area (Å²) in [5.74, 6) is 0.709. The number of anilines is 1. The highest BCUT2D eigenvalue weighted by Gasteiger charge is 2.47. The normalized spacial score (nSPS) is 23.4. The van der Waals surface area contributed by atoms with E-state index in [2.05, 4.69) is 29.6 Å². The molecule has 1 aromatic carbocycles. The van der Waals surface area contributed by atoms with Crippen molar-refractivity contribution < 1.29 is 9.47 Å². The fourth-order valence-electron chi connectivity index (χ4n) is 3.18. The first kappa shape index (κ1) is 12.0. The zero-order chi connectivity index (χ0) is 12.4. The van der Waals surface area contributed by atoms with Crippen LogP contribution >= 0.6 is 0 Å². The average molecular weight is 247 g/mol. The van der Waals surface area contributed by atoms with Gasteiger partial charge in [0.1, 0.15) is 0 Å². The summed E-state index contributed by atoms with van der Waals surface area (Å²) >= 11 is 0. The maximum absolute atomic E-state index is 5.55. The first-order valence-electron chi connectivity index (χ1n) is 6.79. The van der Waals surface area contributed by atoms with Crippen LogP contribution in [0.1, 0.15) is 18.4 Å². The van der Waals surface area contributed by atoms with E-state index in [1.165, 1.54) is 11.3 Å². The van der Waals surface area contributed by atoms with Gasteiger partial charge in [-0.2, -0.15) is 0 Å². The third-order valence-electron chi connectivity index (χ3n) is 4.47. The molecule has 0 radical (unpaired) electrons. The summed E-state index contributed by atoms with van der Waals surface area (Å²) in [6.45, 7) is 3.55. The van der Waals surface area contributed by atoms with Crippen LogP contribution in [0.5, 0.6) is 0 Å². The van der Waals surface area contributed by atoms with Gasteiger partial charge in [-0.15, -0.1) is 0 Å². The monoisotopic (exact) mass is 247 g/mol. The maximum atomic E-state index is 5.55. The van der Waals surface area contributed by atoms with E-state index < -0.39 is 0 Å². The number of rotatable bonds is 3. The number of hydrogen-bond acceptors (Lipinski definition) is 3. The predicted octanol–water partition coefficient (Wildman–Crippen LogP) is 2.42. The molecule has 0 aromatic heterocycles. The molecule has 0 saturated carbocycles. The molecule has 2 aliphatic heterocycles. The molecule has 1 N–H and O–H groups in total. The number of ether oxygens (including phenoxy) is 2. The zero-order valence-electron chi connectivity index (χ0n) is 10.9. The number of hydrogen-bond donors (Lipinski definition) is 1. The van der Waals surface area contributed by atoms with Crippen LogP contribution in [0, 0.1) is 5.92 Å². The van der Waals surface area contributed by atoms with Crippen LogP contribution in [0.15, 0.2) is 24.3 Å². The Hall–Kier alpha value is -1.06. The van der Waals surface area contributed by atoms with Crippen LogP contribution < -0.4 is 5.32 Å². The van der Waals surface area contributed by atoms with Gasteiger partial charge in [0.25, 0.3) is 0 Å². The molecule has 0 amide bonds. The van der Waals surface area contributed by atoms with Crippen molar-refractivity contribution in [3.63, 3.8) is 0 Å². The van der Waals surface area contributed by atoms with Gasteiger partial charge in [-0.25, -0.2) is 0 Å². The third kappa shape index (κ3) is 1.91. The highest BCUT2D eigenvalue weighted by atomic mass is 16.5. The Bertz CT molecular complexity index is 391. The van der Waals surface area contributed by atoms with E-state index in [1.54, 1.807) is 0 Å². The summed E-state index contributed by atoms with van der Waals surface area (Å²) < 4.78 is 11.0. The zero-order valence-corrected chi connectivity index (χ0v) is 10.9. The second-order valence-corrected chi connectivity index (χ2v) is 5.36. The second kappa shape index (κ2) is 4.90. The molecule has 18 heavy (non-hydrogen) atoms. The molecule has 3 heteroatoms. The lowest BCUT2D eigenvalue weighted by molar-refractivity contribution is -0.111. The van der Waals surface area contributed by atoms with Crippen molar-refractivity contribution in [3.8, 4) is 0 Å². The van der Waals surface area contributed by atoms with Crippen molar-refractivity contribution >= 4 is 5.69 Å². The van der Waals surface area contributed by atoms with E-state index >= 15 is 0 Å². The molecule has 98 valence electrons. The van der Waals surface area contributed by atoms with Crippen molar-refractivity contribution in [2.75, 3.05) is 38.8 Å². The van der Waals surface area contributed by atoms with Crippen molar-refractivity contribution in [1.82, 2.24) is 0 Å². The Labute approximate surface area is 108 Å². The Kier molecular flexibility index (Phi) is 3.27. The van der Waals surface area contributed by atoms with Gasteiger partial charge in [0, 0.05) is 31.4 Å². The fourth-order valence-corrected chi connectivity index (χ4v) is 3.18. The quantitative estimate of drug-likeness (QED) is 0.890. The lowest BCUT2D eigenvalue weighted by Crippen LogP contribution is -2.53. The maximum Gasteiger partial charge on any atom is 0.0588 e. The average Bonchev–Trinajstić information content (AvgIpc) is 2.40. The van der Waals surface area contributed by atoms with Gasteiger partial charge in [-0.05, 0) is 36.5 Å². The Balaban J connectivity index is 1.85. The summed E-state index contributed by atoms with van der Waals surface area (Å²) in [6, 6.07) is 8.83. The first-order chi connectivity index (χ1) is 8.85.